The Balaban J connectivity index is 0.00000175. The number of ether oxygens (including phenoxy) is 1. The van der Waals surface area contributed by atoms with Crippen LogP contribution >= 0.6 is 23.2 Å². The molecule has 2 aromatic heterocycles. The molecule has 96 heavy (non-hydrogen) atoms. The van der Waals surface area contributed by atoms with Gasteiger partial charge in [-0.05, 0) is 119 Å². The van der Waals surface area contributed by atoms with Crippen LogP contribution in [0.1, 0.15) is 0 Å². The predicted molar refractivity (Wildman–Crippen MR) is 302 cm³/mol. The molecule has 0 spiro atoms. The molecular formula is C44H31Cl2Cu2N13Na6O23S6+6. The number of para-hydroxylation sites is 1. The summed E-state index contributed by atoms with van der Waals surface area (Å²) in [7, 11) is -30.0. The van der Waals surface area contributed by atoms with Crippen molar-refractivity contribution in [2.45, 2.75) is 29.4 Å². The van der Waals surface area contributed by atoms with Crippen molar-refractivity contribution in [1.82, 2.24) is 29.9 Å². The third-order valence-corrected chi connectivity index (χ3v) is 16.5. The van der Waals surface area contributed by atoms with E-state index in [1.54, 1.807) is 30.3 Å². The molecule has 482 valence electrons. The topological polar surface area (TPSA) is 593 Å². The molecule has 0 atom stereocenters. The number of hydrogen-bond acceptors (Lipinski definition) is 30. The van der Waals surface area contributed by atoms with Crippen molar-refractivity contribution in [2.24, 2.45) is 20.5 Å². The fraction of sp³-hybridized carbons (Fsp3) is 0. The molecule has 0 unspecified atom stereocenters. The molecule has 9 aromatic rings. The molecule has 0 aliphatic carbocycles. The predicted octanol–water partition coefficient (Wildman–Crippen LogP) is -10.6. The van der Waals surface area contributed by atoms with Crippen molar-refractivity contribution in [2.75, 3.05) is 16.4 Å². The maximum absolute atomic E-state index is 12.3. The van der Waals surface area contributed by atoms with Crippen molar-refractivity contribution in [3.05, 3.63) is 114 Å². The molecule has 2 radical (unpaired) electrons. The number of phenols is 4. The van der Waals surface area contributed by atoms with Crippen molar-refractivity contribution in [3.8, 4) is 34.8 Å². The number of nitrogens with one attached hydrogen (secondary N) is 2. The number of nitrogen functional groups attached to an aromatic ring is 1. The number of azo groups is 2. The second kappa shape index (κ2) is 37.3. The molecule has 52 heteroatoms. The number of hydrogen-bond donors (Lipinski definition) is 13. The first-order valence-electron chi connectivity index (χ1n) is 22.6. The number of fused-ring (bicyclic) bond motifs is 2. The summed E-state index contributed by atoms with van der Waals surface area (Å²) in [6, 6.07) is 17.0. The maximum Gasteiger partial charge on any atom is 1.00 e. The third-order valence-electron chi connectivity index (χ3n) is 11.1. The van der Waals surface area contributed by atoms with Gasteiger partial charge >= 0.3 is 183 Å². The fourth-order valence-corrected chi connectivity index (χ4v) is 11.1. The summed E-state index contributed by atoms with van der Waals surface area (Å²) >= 11 is 11.8. The van der Waals surface area contributed by atoms with Crippen LogP contribution in [0.3, 0.4) is 0 Å². The fourth-order valence-electron chi connectivity index (χ4n) is 7.39. The van der Waals surface area contributed by atoms with Gasteiger partial charge in [0.15, 0.2) is 11.5 Å². The summed E-state index contributed by atoms with van der Waals surface area (Å²) in [5, 5.41) is 59.5. The van der Waals surface area contributed by atoms with E-state index in [9.17, 15) is 98.2 Å². The zero-order valence-corrected chi connectivity index (χ0v) is 69.2. The van der Waals surface area contributed by atoms with Crippen LogP contribution in [0.4, 0.5) is 52.0 Å². The quantitative estimate of drug-likeness (QED) is 0.0243. The average Bonchev–Trinajstić information content (AvgIpc) is 0.755. The van der Waals surface area contributed by atoms with Gasteiger partial charge in [-0.1, -0.05) is 18.2 Å². The molecule has 0 amide bonds. The second-order valence-electron chi connectivity index (χ2n) is 17.0. The van der Waals surface area contributed by atoms with E-state index in [4.69, 9.17) is 33.7 Å². The number of anilines is 5. The van der Waals surface area contributed by atoms with Crippen LogP contribution in [0.25, 0.3) is 21.5 Å². The molecule has 36 nitrogen and oxygen atoms in total. The number of nitrogens with two attached hydrogens (primary N) is 1. The number of benzene rings is 7. The van der Waals surface area contributed by atoms with Gasteiger partial charge < -0.3 is 41.5 Å². The monoisotopic (exact) mass is 1630 g/mol. The van der Waals surface area contributed by atoms with Gasteiger partial charge in [-0.25, -0.2) is 0 Å². The van der Waals surface area contributed by atoms with Gasteiger partial charge in [-0.15, -0.1) is 20.5 Å². The summed E-state index contributed by atoms with van der Waals surface area (Å²) < 4.78 is 206. The largest absolute Gasteiger partial charge is 1.00 e. The molecule has 9 rings (SSSR count). The molecular weight excluding hydrogens is 1610 g/mol. The summed E-state index contributed by atoms with van der Waals surface area (Å²) in [6.07, 6.45) is 0. The normalized spacial score (nSPS) is 11.5. The minimum atomic E-state index is -5.27. The molecule has 0 saturated carbocycles. The smallest absolute Gasteiger partial charge is 0.506 e. The number of nitrogens with zero attached hydrogens (tertiary/aromatic N) is 10. The first-order valence-corrected chi connectivity index (χ1v) is 32.0. The Morgan fingerprint density at radius 2 is 0.781 bits per heavy atom. The van der Waals surface area contributed by atoms with Gasteiger partial charge in [-0.3, -0.25) is 27.3 Å². The Bertz CT molecular complexity index is 5210. The third kappa shape index (κ3) is 23.9. The Kier molecular flexibility index (Phi) is 36.4. The first-order chi connectivity index (χ1) is 40.7. The number of aromatic hydroxyl groups is 4. The van der Waals surface area contributed by atoms with Crippen molar-refractivity contribution >= 4 is 157 Å². The van der Waals surface area contributed by atoms with Crippen LogP contribution in [-0.4, -0.2) is 128 Å². The van der Waals surface area contributed by atoms with Gasteiger partial charge in [0.1, 0.15) is 49.8 Å². The van der Waals surface area contributed by atoms with E-state index in [1.165, 1.54) is 0 Å². The van der Waals surface area contributed by atoms with Crippen molar-refractivity contribution in [1.29, 1.82) is 0 Å². The summed E-state index contributed by atoms with van der Waals surface area (Å²) in [6.45, 7) is 0. The zero-order valence-electron chi connectivity index (χ0n) is 49.0. The van der Waals surface area contributed by atoms with E-state index < -0.39 is 174 Å². The summed E-state index contributed by atoms with van der Waals surface area (Å²) in [5.41, 5.74) is 1.58. The van der Waals surface area contributed by atoms with Gasteiger partial charge in [-0.2, -0.15) is 80.4 Å². The molecule has 2 heterocycles. The van der Waals surface area contributed by atoms with Crippen LogP contribution < -0.4 is 198 Å². The van der Waals surface area contributed by atoms with Crippen LogP contribution in [0.15, 0.2) is 153 Å². The van der Waals surface area contributed by atoms with Gasteiger partial charge in [0.2, 0.25) is 28.4 Å². The molecule has 7 aromatic carbocycles. The van der Waals surface area contributed by atoms with E-state index in [0.717, 1.165) is 48.5 Å². The van der Waals surface area contributed by atoms with E-state index >= 15 is 0 Å². The van der Waals surface area contributed by atoms with E-state index in [2.05, 4.69) is 61.0 Å². The molecule has 0 aliphatic heterocycles. The SMILES string of the molecule is Nc1nc(Cl)nc(Nc2cc(S(=O)(=O)O)cc3cc(S(=O)(=O)O)c(N=Nc4cc(S(=O)(=O)O)ccc4O)c(O)c23)n1.O=S(=O)(O)c1ccc(O)c(N=Nc2c(S(=O)(=O)O)cc3cc(S(=O)(=O)O)cc(Nc4nc(Cl)nc(Oc5ccccc5)n4)c3c2O)c1.[Cu].[Cu].[Na+].[Na+].[Na+].[Na+].[Na+].[Na+]. The van der Waals surface area contributed by atoms with Crippen LogP contribution in [0, 0.1) is 0 Å². The average molecular weight is 1640 g/mol. The minimum absolute atomic E-state index is 0. The number of aromatic nitrogens is 6. The summed E-state index contributed by atoms with van der Waals surface area (Å²) in [5.74, 6) is -4.33. The zero-order chi connectivity index (χ0) is 64.8. The Morgan fingerprint density at radius 1 is 0.417 bits per heavy atom. The van der Waals surface area contributed by atoms with Crippen molar-refractivity contribution in [3.63, 3.8) is 0 Å². The standard InChI is InChI=1S/C25H17ClN6O12S3.C19H14ClN7O11S3.2Cu.6Na/c26-23-28-24(30-25(29-23)44-13-4-2-1-3-5-13)27-17-11-15(46(38,39)40)8-12-9-19(47(41,42)43)21(22(34)20(12)17)32-31-16-10-14(45(35,36)37)6-7-18(16)33;20-17-23-18(21)25-19(24-17)22-11-6-9(40(33,34)35)3-7-4-13(41(36,37)38)15(16(29)14(7)11)27-26-10-5-8(39(30,31)32)1-2-12(10)28;;;;;;;;/h1-11,33-34H,(H,35,36,37)(H,38,39,40)(H,41,42,43)(H,27,28,29,30);1-6,28-29H,(H,30,31,32)(H,33,34,35)(H,36,37,38)(H3,21,22,23,24,25);;;;;;;;/q;;;;6*+1. The van der Waals surface area contributed by atoms with E-state index in [-0.39, 0.29) is 240 Å². The molecule has 14 N–H and O–H groups in total. The van der Waals surface area contributed by atoms with Crippen molar-refractivity contribution < 1.29 is 314 Å². The van der Waals surface area contributed by atoms with E-state index in [1.807, 2.05) is 0 Å². The Labute approximate surface area is 705 Å². The number of halogens is 2. The van der Waals surface area contributed by atoms with Gasteiger partial charge in [0, 0.05) is 44.9 Å². The van der Waals surface area contributed by atoms with Crippen LogP contribution in [0.2, 0.25) is 10.6 Å². The molecule has 0 fully saturated rings. The minimum Gasteiger partial charge on any atom is -0.506 e. The number of rotatable bonds is 16. The molecule has 0 saturated heterocycles. The Morgan fingerprint density at radius 3 is 1.14 bits per heavy atom. The first kappa shape index (κ1) is 93.8. The molecule has 0 aliphatic rings. The molecule has 0 bridgehead atoms. The Hall–Kier alpha value is -2.24. The number of phenolic OH excluding ortho intramolecular Hbond substituents is 4. The maximum atomic E-state index is 12.3. The van der Waals surface area contributed by atoms with E-state index in [0.29, 0.717) is 30.0 Å². The second-order valence-corrected chi connectivity index (χ2v) is 26.1. The van der Waals surface area contributed by atoms with Gasteiger partial charge in [0.25, 0.3) is 60.7 Å². The van der Waals surface area contributed by atoms with Gasteiger partial charge in [0.05, 0.1) is 31.0 Å². The van der Waals surface area contributed by atoms with Crippen LogP contribution in [-0.2, 0) is 94.8 Å². The van der Waals surface area contributed by atoms with Crippen LogP contribution in [0.5, 0.6) is 34.8 Å². The summed E-state index contributed by atoms with van der Waals surface area (Å²) in [4.78, 5) is 17.5.